The third-order valence-corrected chi connectivity index (χ3v) is 4.32. The lowest BCUT2D eigenvalue weighted by molar-refractivity contribution is 0.616. The third kappa shape index (κ3) is 3.66. The highest BCUT2D eigenvalue weighted by molar-refractivity contribution is 5.51. The molecule has 1 aromatic rings. The van der Waals surface area contributed by atoms with Crippen LogP contribution in [0.1, 0.15) is 72.0 Å². The highest BCUT2D eigenvalue weighted by atomic mass is 15.3. The second-order valence-electron chi connectivity index (χ2n) is 6.45. The maximum absolute atomic E-state index is 4.85. The van der Waals surface area contributed by atoms with Gasteiger partial charge in [-0.1, -0.05) is 27.7 Å². The van der Waals surface area contributed by atoms with Crippen LogP contribution in [0.15, 0.2) is 6.07 Å². The van der Waals surface area contributed by atoms with Crippen LogP contribution in [0.3, 0.4) is 0 Å². The van der Waals surface area contributed by atoms with Gasteiger partial charge in [-0.05, 0) is 32.6 Å². The number of hydrogen-bond acceptors (Lipinski definition) is 4. The largest absolute Gasteiger partial charge is 0.370 e. The first-order valence-electron chi connectivity index (χ1n) is 8.48. The van der Waals surface area contributed by atoms with Crippen molar-refractivity contribution in [2.75, 3.05) is 16.8 Å². The molecule has 0 aromatic carbocycles. The van der Waals surface area contributed by atoms with Crippen LogP contribution in [0.2, 0.25) is 0 Å². The van der Waals surface area contributed by atoms with Crippen LogP contribution in [0, 0.1) is 0 Å². The Kier molecular flexibility index (Phi) is 5.43. The molecular weight excluding hydrogens is 260 g/mol. The molecule has 2 heterocycles. The van der Waals surface area contributed by atoms with Crippen LogP contribution in [0.5, 0.6) is 0 Å². The Morgan fingerprint density at radius 3 is 2.67 bits per heavy atom. The van der Waals surface area contributed by atoms with E-state index in [4.69, 9.17) is 4.98 Å². The molecule has 1 aliphatic heterocycles. The molecule has 0 bridgehead atoms. The molecule has 0 aliphatic carbocycles. The molecule has 118 valence electrons. The molecule has 0 saturated carbocycles. The number of hydrogen-bond donors (Lipinski definition) is 1. The van der Waals surface area contributed by atoms with Crippen molar-refractivity contribution in [2.45, 2.75) is 78.3 Å². The first-order valence-corrected chi connectivity index (χ1v) is 8.48. The van der Waals surface area contributed by atoms with Crippen molar-refractivity contribution in [1.82, 2.24) is 9.97 Å². The van der Waals surface area contributed by atoms with Gasteiger partial charge in [-0.3, -0.25) is 0 Å². The average Bonchev–Trinajstić information content (AvgIpc) is 2.85. The molecule has 1 aliphatic rings. The Hall–Kier alpha value is -1.32. The lowest BCUT2D eigenvalue weighted by atomic mass is 10.1. The first kappa shape index (κ1) is 16.1. The monoisotopic (exact) mass is 290 g/mol. The standard InChI is InChI=1S/C17H30N4/c1-6-10-18-15-11-16(20-17(19-15)12(3)4)21-13(5)8-9-14(21)7-2/h11-14H,6-10H2,1-5H3,(H,18,19,20). The highest BCUT2D eigenvalue weighted by Crippen LogP contribution is 2.32. The minimum atomic E-state index is 0.352. The SMILES string of the molecule is CCCNc1cc(N2C(C)CCC2CC)nc(C(C)C)n1. The average molecular weight is 290 g/mol. The molecule has 0 spiro atoms. The summed E-state index contributed by atoms with van der Waals surface area (Å²) in [4.78, 5) is 12.0. The number of nitrogens with one attached hydrogen (secondary N) is 1. The van der Waals surface area contributed by atoms with Crippen molar-refractivity contribution in [3.8, 4) is 0 Å². The molecule has 2 rings (SSSR count). The molecule has 4 heteroatoms. The number of rotatable bonds is 6. The van der Waals surface area contributed by atoms with Crippen LogP contribution in [0.25, 0.3) is 0 Å². The molecule has 1 saturated heterocycles. The van der Waals surface area contributed by atoms with Crippen molar-refractivity contribution in [3.63, 3.8) is 0 Å². The smallest absolute Gasteiger partial charge is 0.135 e. The number of aromatic nitrogens is 2. The van der Waals surface area contributed by atoms with E-state index in [-0.39, 0.29) is 0 Å². The summed E-state index contributed by atoms with van der Waals surface area (Å²) >= 11 is 0. The third-order valence-electron chi connectivity index (χ3n) is 4.32. The van der Waals surface area contributed by atoms with Crippen LogP contribution < -0.4 is 10.2 Å². The van der Waals surface area contributed by atoms with E-state index in [1.807, 2.05) is 0 Å². The molecule has 2 unspecified atom stereocenters. The van der Waals surface area contributed by atoms with Gasteiger partial charge in [0.2, 0.25) is 0 Å². The Labute approximate surface area is 129 Å². The van der Waals surface area contributed by atoms with E-state index in [1.54, 1.807) is 0 Å². The molecule has 1 fully saturated rings. The van der Waals surface area contributed by atoms with Gasteiger partial charge in [0, 0.05) is 30.6 Å². The van der Waals surface area contributed by atoms with Gasteiger partial charge in [-0.25, -0.2) is 9.97 Å². The maximum atomic E-state index is 4.85. The predicted molar refractivity (Wildman–Crippen MR) is 90.2 cm³/mol. The van der Waals surface area contributed by atoms with Gasteiger partial charge in [0.1, 0.15) is 17.5 Å². The Balaban J connectivity index is 2.34. The summed E-state index contributed by atoms with van der Waals surface area (Å²) in [5, 5.41) is 3.42. The van der Waals surface area contributed by atoms with Gasteiger partial charge < -0.3 is 10.2 Å². The summed E-state index contributed by atoms with van der Waals surface area (Å²) in [7, 11) is 0. The molecule has 1 aromatic heterocycles. The summed E-state index contributed by atoms with van der Waals surface area (Å²) in [6, 6.07) is 3.32. The van der Waals surface area contributed by atoms with Crippen LogP contribution in [-0.4, -0.2) is 28.6 Å². The van der Waals surface area contributed by atoms with Gasteiger partial charge in [0.25, 0.3) is 0 Å². The maximum Gasteiger partial charge on any atom is 0.135 e. The first-order chi connectivity index (χ1) is 10.1. The van der Waals surface area contributed by atoms with Crippen molar-refractivity contribution in [2.24, 2.45) is 0 Å². The summed E-state index contributed by atoms with van der Waals surface area (Å²) in [6.45, 7) is 12.0. The summed E-state index contributed by atoms with van der Waals surface area (Å²) < 4.78 is 0. The van der Waals surface area contributed by atoms with Crippen LogP contribution >= 0.6 is 0 Å². The van der Waals surface area contributed by atoms with Crippen molar-refractivity contribution < 1.29 is 0 Å². The van der Waals surface area contributed by atoms with Gasteiger partial charge in [-0.15, -0.1) is 0 Å². The second kappa shape index (κ2) is 7.10. The van der Waals surface area contributed by atoms with Crippen LogP contribution in [0.4, 0.5) is 11.6 Å². The number of anilines is 2. The Morgan fingerprint density at radius 1 is 1.29 bits per heavy atom. The molecular formula is C17H30N4. The quantitative estimate of drug-likeness (QED) is 0.853. The second-order valence-corrected chi connectivity index (χ2v) is 6.45. The molecule has 4 nitrogen and oxygen atoms in total. The lowest BCUT2D eigenvalue weighted by Crippen LogP contribution is -2.35. The van der Waals surface area contributed by atoms with Gasteiger partial charge in [0.15, 0.2) is 0 Å². The molecule has 0 radical (unpaired) electrons. The minimum Gasteiger partial charge on any atom is -0.370 e. The van der Waals surface area contributed by atoms with Crippen molar-refractivity contribution >= 4 is 11.6 Å². The number of nitrogens with zero attached hydrogens (tertiary/aromatic N) is 3. The van der Waals surface area contributed by atoms with Gasteiger partial charge in [-0.2, -0.15) is 0 Å². The van der Waals surface area contributed by atoms with E-state index in [0.29, 0.717) is 18.0 Å². The Morgan fingerprint density at radius 2 is 2.05 bits per heavy atom. The molecule has 0 amide bonds. The van der Waals surface area contributed by atoms with E-state index in [9.17, 15) is 0 Å². The van der Waals surface area contributed by atoms with E-state index in [2.05, 4.69) is 55.9 Å². The lowest BCUT2D eigenvalue weighted by Gasteiger charge is -2.30. The predicted octanol–water partition coefficient (Wildman–Crippen LogP) is 4.19. The van der Waals surface area contributed by atoms with E-state index in [1.165, 1.54) is 19.3 Å². The topological polar surface area (TPSA) is 41.0 Å². The van der Waals surface area contributed by atoms with E-state index < -0.39 is 0 Å². The zero-order valence-corrected chi connectivity index (χ0v) is 14.2. The fourth-order valence-electron chi connectivity index (χ4n) is 3.07. The highest BCUT2D eigenvalue weighted by Gasteiger charge is 2.31. The fourth-order valence-corrected chi connectivity index (χ4v) is 3.07. The summed E-state index contributed by atoms with van der Waals surface area (Å²) in [6.07, 6.45) is 4.82. The summed E-state index contributed by atoms with van der Waals surface area (Å²) in [5.74, 6) is 3.37. The van der Waals surface area contributed by atoms with Crippen molar-refractivity contribution in [3.05, 3.63) is 11.9 Å². The minimum absolute atomic E-state index is 0.352. The van der Waals surface area contributed by atoms with Crippen molar-refractivity contribution in [1.29, 1.82) is 0 Å². The molecule has 1 N–H and O–H groups in total. The molecule has 2 atom stereocenters. The van der Waals surface area contributed by atoms with E-state index >= 15 is 0 Å². The normalized spacial score (nSPS) is 22.1. The zero-order valence-electron chi connectivity index (χ0n) is 14.2. The van der Waals surface area contributed by atoms with Gasteiger partial charge in [0.05, 0.1) is 0 Å². The van der Waals surface area contributed by atoms with E-state index in [0.717, 1.165) is 30.4 Å². The van der Waals surface area contributed by atoms with Crippen LogP contribution in [-0.2, 0) is 0 Å². The fraction of sp³-hybridized carbons (Fsp3) is 0.765. The summed E-state index contributed by atoms with van der Waals surface area (Å²) in [5.41, 5.74) is 0. The van der Waals surface area contributed by atoms with Gasteiger partial charge >= 0.3 is 0 Å². The Bertz CT molecular complexity index is 458. The molecule has 21 heavy (non-hydrogen) atoms. The zero-order chi connectivity index (χ0) is 15.4.